The average Bonchev–Trinajstić information content (AvgIpc) is 3.23. The van der Waals surface area contributed by atoms with Crippen molar-refractivity contribution in [2.24, 2.45) is 0 Å². The number of benzene rings is 2. The molecule has 1 atom stereocenters. The maximum atomic E-state index is 13.7. The SMILES string of the molecule is COc1ccc(COc2nc(N3CCc4cc(F)ccc43)ncc2C(=O)NC2CCCCNC2=O)cc1. The van der Waals surface area contributed by atoms with Crippen LogP contribution in [0.3, 0.4) is 0 Å². The number of amides is 2. The van der Waals surface area contributed by atoms with E-state index in [0.29, 0.717) is 31.9 Å². The van der Waals surface area contributed by atoms with Crippen LogP contribution in [0.15, 0.2) is 48.7 Å². The highest BCUT2D eigenvalue weighted by Crippen LogP contribution is 2.34. The van der Waals surface area contributed by atoms with Gasteiger partial charge in [-0.1, -0.05) is 12.1 Å². The second-order valence-electron chi connectivity index (χ2n) is 9.01. The van der Waals surface area contributed by atoms with Crippen molar-refractivity contribution in [2.45, 2.75) is 38.3 Å². The summed E-state index contributed by atoms with van der Waals surface area (Å²) in [5.41, 5.74) is 2.67. The quantitative estimate of drug-likeness (QED) is 0.508. The summed E-state index contributed by atoms with van der Waals surface area (Å²) < 4.78 is 24.9. The van der Waals surface area contributed by atoms with E-state index in [9.17, 15) is 14.0 Å². The second-order valence-corrected chi connectivity index (χ2v) is 9.01. The van der Waals surface area contributed by atoms with Gasteiger partial charge < -0.3 is 25.0 Å². The molecule has 0 saturated carbocycles. The van der Waals surface area contributed by atoms with Crippen LogP contribution in [0.4, 0.5) is 16.0 Å². The lowest BCUT2D eigenvalue weighted by Crippen LogP contribution is -2.45. The molecule has 192 valence electrons. The first-order chi connectivity index (χ1) is 18.0. The molecule has 2 aromatic carbocycles. The largest absolute Gasteiger partial charge is 0.497 e. The van der Waals surface area contributed by atoms with Crippen molar-refractivity contribution >= 4 is 23.5 Å². The Labute approximate surface area is 214 Å². The fraction of sp³-hybridized carbons (Fsp3) is 0.333. The summed E-state index contributed by atoms with van der Waals surface area (Å²) in [6, 6.07) is 11.3. The van der Waals surface area contributed by atoms with Gasteiger partial charge in [0.05, 0.1) is 7.11 Å². The molecule has 1 aromatic heterocycles. The first kappa shape index (κ1) is 24.5. The molecule has 1 fully saturated rings. The van der Waals surface area contributed by atoms with E-state index in [2.05, 4.69) is 20.6 Å². The topological polar surface area (TPSA) is 106 Å². The number of hydrogen-bond acceptors (Lipinski definition) is 7. The molecule has 1 unspecified atom stereocenters. The summed E-state index contributed by atoms with van der Waals surface area (Å²) in [6.07, 6.45) is 4.32. The Hall–Kier alpha value is -4.21. The van der Waals surface area contributed by atoms with Crippen molar-refractivity contribution < 1.29 is 23.5 Å². The molecule has 2 N–H and O–H groups in total. The zero-order valence-corrected chi connectivity index (χ0v) is 20.5. The number of carbonyl (C=O) groups excluding carboxylic acids is 2. The molecule has 10 heteroatoms. The zero-order chi connectivity index (χ0) is 25.8. The maximum Gasteiger partial charge on any atom is 0.259 e. The molecule has 37 heavy (non-hydrogen) atoms. The minimum absolute atomic E-state index is 0.0999. The number of halogens is 1. The van der Waals surface area contributed by atoms with Crippen LogP contribution in [-0.2, 0) is 17.8 Å². The Balaban J connectivity index is 1.42. The summed E-state index contributed by atoms with van der Waals surface area (Å²) in [7, 11) is 1.60. The van der Waals surface area contributed by atoms with Gasteiger partial charge in [0.2, 0.25) is 17.7 Å². The van der Waals surface area contributed by atoms with Gasteiger partial charge in [0.25, 0.3) is 5.91 Å². The van der Waals surface area contributed by atoms with Gasteiger partial charge in [0.1, 0.15) is 29.8 Å². The molecule has 2 amide bonds. The van der Waals surface area contributed by atoms with Crippen molar-refractivity contribution in [3.63, 3.8) is 0 Å². The standard InChI is InChI=1S/C27H28FN5O4/c1-36-20-8-5-17(6-9-20)16-37-26-21(24(34)31-22-4-2-3-12-29-25(22)35)15-30-27(32-26)33-13-11-18-14-19(28)7-10-23(18)33/h5-10,14-15,22H,2-4,11-13,16H2,1H3,(H,29,35)(H,31,34). The Morgan fingerprint density at radius 2 is 2.05 bits per heavy atom. The minimum atomic E-state index is -0.635. The summed E-state index contributed by atoms with van der Waals surface area (Å²) in [5.74, 6) is 0.188. The normalized spacial score (nSPS) is 17.0. The van der Waals surface area contributed by atoms with Gasteiger partial charge in [0.15, 0.2) is 0 Å². The number of anilines is 2. The van der Waals surface area contributed by atoms with E-state index >= 15 is 0 Å². The van der Waals surface area contributed by atoms with Gasteiger partial charge in [0, 0.05) is 25.0 Å². The number of fused-ring (bicyclic) bond motifs is 1. The lowest BCUT2D eigenvalue weighted by atomic mass is 10.1. The molecule has 0 aliphatic carbocycles. The van der Waals surface area contributed by atoms with Gasteiger partial charge >= 0.3 is 0 Å². The Bertz CT molecular complexity index is 1300. The molecular formula is C27H28FN5O4. The number of aromatic nitrogens is 2. The van der Waals surface area contributed by atoms with Gasteiger partial charge in [-0.3, -0.25) is 9.59 Å². The molecule has 3 aromatic rings. The maximum absolute atomic E-state index is 13.7. The van der Waals surface area contributed by atoms with Crippen molar-refractivity contribution in [1.29, 1.82) is 0 Å². The van der Waals surface area contributed by atoms with E-state index in [1.54, 1.807) is 13.2 Å². The fourth-order valence-electron chi connectivity index (χ4n) is 4.52. The second kappa shape index (κ2) is 10.8. The third-order valence-corrected chi connectivity index (χ3v) is 6.54. The third kappa shape index (κ3) is 5.47. The number of rotatable bonds is 7. The number of methoxy groups -OCH3 is 1. The predicted octanol–water partition coefficient (Wildman–Crippen LogP) is 3.30. The molecule has 1 saturated heterocycles. The van der Waals surface area contributed by atoms with Crippen LogP contribution >= 0.6 is 0 Å². The lowest BCUT2D eigenvalue weighted by molar-refractivity contribution is -0.122. The Morgan fingerprint density at radius 1 is 1.22 bits per heavy atom. The monoisotopic (exact) mass is 505 g/mol. The van der Waals surface area contributed by atoms with E-state index in [0.717, 1.165) is 35.4 Å². The summed E-state index contributed by atoms with van der Waals surface area (Å²) in [6.45, 7) is 1.33. The minimum Gasteiger partial charge on any atom is -0.497 e. The van der Waals surface area contributed by atoms with E-state index in [1.807, 2.05) is 29.2 Å². The van der Waals surface area contributed by atoms with Crippen molar-refractivity contribution in [3.8, 4) is 11.6 Å². The lowest BCUT2D eigenvalue weighted by Gasteiger charge is -2.20. The van der Waals surface area contributed by atoms with Crippen molar-refractivity contribution in [1.82, 2.24) is 20.6 Å². The van der Waals surface area contributed by atoms with E-state index in [4.69, 9.17) is 9.47 Å². The van der Waals surface area contributed by atoms with Gasteiger partial charge in [-0.15, -0.1) is 0 Å². The molecule has 9 nitrogen and oxygen atoms in total. The molecule has 0 spiro atoms. The van der Waals surface area contributed by atoms with Crippen LogP contribution in [-0.4, -0.2) is 48.0 Å². The third-order valence-electron chi connectivity index (χ3n) is 6.54. The van der Waals surface area contributed by atoms with Crippen LogP contribution < -0.4 is 25.0 Å². The highest BCUT2D eigenvalue weighted by atomic mass is 19.1. The summed E-state index contributed by atoms with van der Waals surface area (Å²) in [4.78, 5) is 36.5. The Morgan fingerprint density at radius 3 is 2.86 bits per heavy atom. The highest BCUT2D eigenvalue weighted by Gasteiger charge is 2.28. The Kier molecular flexibility index (Phi) is 7.16. The van der Waals surface area contributed by atoms with E-state index in [-0.39, 0.29) is 29.8 Å². The van der Waals surface area contributed by atoms with Gasteiger partial charge in [-0.2, -0.15) is 4.98 Å². The zero-order valence-electron chi connectivity index (χ0n) is 20.5. The number of carbonyl (C=O) groups is 2. The van der Waals surface area contributed by atoms with Crippen LogP contribution in [0.2, 0.25) is 0 Å². The highest BCUT2D eigenvalue weighted by molar-refractivity contribution is 5.99. The molecule has 3 heterocycles. The fourth-order valence-corrected chi connectivity index (χ4v) is 4.52. The first-order valence-corrected chi connectivity index (χ1v) is 12.3. The van der Waals surface area contributed by atoms with Gasteiger partial charge in [-0.05, 0) is 67.1 Å². The van der Waals surface area contributed by atoms with Gasteiger partial charge in [-0.25, -0.2) is 9.37 Å². The molecular weight excluding hydrogens is 477 g/mol. The van der Waals surface area contributed by atoms with E-state index in [1.165, 1.54) is 18.3 Å². The molecule has 2 aliphatic rings. The molecule has 0 radical (unpaired) electrons. The van der Waals surface area contributed by atoms with Crippen molar-refractivity contribution in [3.05, 3.63) is 71.2 Å². The number of nitrogens with zero attached hydrogens (tertiary/aromatic N) is 3. The summed E-state index contributed by atoms with van der Waals surface area (Å²) in [5, 5.41) is 5.63. The number of hydrogen-bond donors (Lipinski definition) is 2. The average molecular weight is 506 g/mol. The first-order valence-electron chi connectivity index (χ1n) is 12.3. The van der Waals surface area contributed by atoms with Crippen molar-refractivity contribution in [2.75, 3.05) is 25.1 Å². The molecule has 2 aliphatic heterocycles. The van der Waals surface area contributed by atoms with Crippen LogP contribution in [0.1, 0.15) is 40.7 Å². The van der Waals surface area contributed by atoms with E-state index < -0.39 is 11.9 Å². The van der Waals surface area contributed by atoms with Crippen LogP contribution in [0, 0.1) is 5.82 Å². The van der Waals surface area contributed by atoms with Crippen LogP contribution in [0.5, 0.6) is 11.6 Å². The van der Waals surface area contributed by atoms with Crippen LogP contribution in [0.25, 0.3) is 0 Å². The number of ether oxygens (including phenoxy) is 2. The number of nitrogens with one attached hydrogen (secondary N) is 2. The predicted molar refractivity (Wildman–Crippen MR) is 135 cm³/mol. The summed E-state index contributed by atoms with van der Waals surface area (Å²) >= 11 is 0. The molecule has 0 bridgehead atoms. The smallest absolute Gasteiger partial charge is 0.259 e. The molecule has 5 rings (SSSR count).